The molecule has 0 aromatic heterocycles. The van der Waals surface area contributed by atoms with Crippen molar-refractivity contribution in [2.45, 2.75) is 18.8 Å². The maximum atomic E-state index is 14.1. The van der Waals surface area contributed by atoms with Crippen molar-refractivity contribution in [1.82, 2.24) is 5.32 Å². The maximum absolute atomic E-state index is 14.1. The first kappa shape index (κ1) is 21.8. The fourth-order valence-corrected chi connectivity index (χ4v) is 2.67. The Hall–Kier alpha value is -2.45. The monoisotopic (exact) mass is 434 g/mol. The number of alkyl halides is 3. The van der Waals surface area contributed by atoms with Crippen LogP contribution in [0.4, 0.5) is 18.9 Å². The molecule has 150 valence electrons. The van der Waals surface area contributed by atoms with E-state index in [-0.39, 0.29) is 27.9 Å². The number of hydrogen-bond acceptors (Lipinski definition) is 4. The molecule has 2 rings (SSSR count). The van der Waals surface area contributed by atoms with Gasteiger partial charge in [0.1, 0.15) is 0 Å². The Morgan fingerprint density at radius 1 is 1.04 bits per heavy atom. The van der Waals surface area contributed by atoms with Crippen LogP contribution in [0.15, 0.2) is 48.5 Å². The molecule has 1 amide bonds. The van der Waals surface area contributed by atoms with Crippen LogP contribution in [0.5, 0.6) is 0 Å². The van der Waals surface area contributed by atoms with Crippen LogP contribution in [0.3, 0.4) is 0 Å². The number of carbonyl (C=O) groups is 2. The number of halogens is 5. The van der Waals surface area contributed by atoms with Crippen LogP contribution in [0.2, 0.25) is 10.0 Å². The quantitative estimate of drug-likeness (QED) is 0.512. The van der Waals surface area contributed by atoms with Gasteiger partial charge in [0.2, 0.25) is 0 Å². The molecule has 28 heavy (non-hydrogen) atoms. The van der Waals surface area contributed by atoms with Gasteiger partial charge in [-0.2, -0.15) is 13.2 Å². The van der Waals surface area contributed by atoms with Gasteiger partial charge in [-0.1, -0.05) is 35.3 Å². The summed E-state index contributed by atoms with van der Waals surface area (Å²) in [5.74, 6) is -2.90. The molecule has 10 heteroatoms. The Bertz CT molecular complexity index is 877. The van der Waals surface area contributed by atoms with Crippen molar-refractivity contribution in [1.29, 1.82) is 0 Å². The molecule has 0 bridgehead atoms. The van der Waals surface area contributed by atoms with Crippen molar-refractivity contribution < 1.29 is 27.5 Å². The van der Waals surface area contributed by atoms with E-state index < -0.39 is 23.7 Å². The summed E-state index contributed by atoms with van der Waals surface area (Å²) in [4.78, 5) is 24.8. The summed E-state index contributed by atoms with van der Waals surface area (Å²) < 4.78 is 46.8. The minimum absolute atomic E-state index is 0.131. The zero-order valence-electron chi connectivity index (χ0n) is 14.4. The van der Waals surface area contributed by atoms with Crippen molar-refractivity contribution in [2.75, 3.05) is 11.9 Å². The van der Waals surface area contributed by atoms with Crippen LogP contribution in [0.25, 0.3) is 0 Å². The Morgan fingerprint density at radius 2 is 1.64 bits per heavy atom. The van der Waals surface area contributed by atoms with Crippen LogP contribution in [0, 0.1) is 0 Å². The lowest BCUT2D eigenvalue weighted by atomic mass is 10.1. The molecule has 0 aliphatic rings. The highest BCUT2D eigenvalue weighted by Gasteiger charge is 2.63. The van der Waals surface area contributed by atoms with Gasteiger partial charge in [-0.3, -0.25) is 4.79 Å². The third-order valence-electron chi connectivity index (χ3n) is 3.55. The number of amides is 1. The van der Waals surface area contributed by atoms with Gasteiger partial charge >= 0.3 is 17.8 Å². The molecule has 2 aromatic rings. The molecule has 2 aromatic carbocycles. The zero-order valence-corrected chi connectivity index (χ0v) is 16.0. The average molecular weight is 435 g/mol. The molecule has 0 spiro atoms. The number of esters is 1. The van der Waals surface area contributed by atoms with Gasteiger partial charge in [0.25, 0.3) is 5.91 Å². The smallest absolute Gasteiger partial charge is 0.441 e. The van der Waals surface area contributed by atoms with Gasteiger partial charge in [-0.25, -0.2) is 4.79 Å². The van der Waals surface area contributed by atoms with E-state index in [0.29, 0.717) is 0 Å². The fraction of sp³-hybridized carbons (Fsp3) is 0.222. The average Bonchev–Trinajstić information content (AvgIpc) is 2.60. The van der Waals surface area contributed by atoms with Gasteiger partial charge < -0.3 is 15.4 Å². The SMILES string of the molecule is CCOC(=O)C(NC(=O)c1cccc(Cl)c1)(Nc1cccc(Cl)c1)C(F)(F)F. The van der Waals surface area contributed by atoms with Crippen LogP contribution in [0.1, 0.15) is 17.3 Å². The van der Waals surface area contributed by atoms with Crippen molar-refractivity contribution in [3.8, 4) is 0 Å². The summed E-state index contributed by atoms with van der Waals surface area (Å²) in [6, 6.07) is 10.5. The zero-order chi connectivity index (χ0) is 20.9. The first-order valence-corrected chi connectivity index (χ1v) is 8.70. The molecule has 0 fully saturated rings. The van der Waals surface area contributed by atoms with E-state index in [1.165, 1.54) is 55.5 Å². The van der Waals surface area contributed by atoms with Crippen molar-refractivity contribution in [3.05, 3.63) is 64.1 Å². The van der Waals surface area contributed by atoms with Gasteiger partial charge in [0, 0.05) is 21.3 Å². The highest BCUT2D eigenvalue weighted by molar-refractivity contribution is 6.31. The van der Waals surface area contributed by atoms with E-state index in [4.69, 9.17) is 23.2 Å². The summed E-state index contributed by atoms with van der Waals surface area (Å²) in [5, 5.41) is 4.01. The van der Waals surface area contributed by atoms with Crippen molar-refractivity contribution in [3.63, 3.8) is 0 Å². The normalized spacial score (nSPS) is 13.4. The Balaban J connectivity index is 2.52. The molecular formula is C18H15Cl2F3N2O3. The highest BCUT2D eigenvalue weighted by atomic mass is 35.5. The summed E-state index contributed by atoms with van der Waals surface area (Å²) >= 11 is 11.6. The Morgan fingerprint density at radius 3 is 2.18 bits per heavy atom. The molecule has 0 radical (unpaired) electrons. The predicted molar refractivity (Wildman–Crippen MR) is 99.4 cm³/mol. The molecule has 2 N–H and O–H groups in total. The number of hydrogen-bond donors (Lipinski definition) is 2. The van der Waals surface area contributed by atoms with E-state index in [1.807, 2.05) is 5.32 Å². The predicted octanol–water partition coefficient (Wildman–Crippen LogP) is 4.66. The van der Waals surface area contributed by atoms with E-state index in [2.05, 4.69) is 4.74 Å². The molecule has 1 atom stereocenters. The van der Waals surface area contributed by atoms with Crippen LogP contribution >= 0.6 is 23.2 Å². The minimum atomic E-state index is -5.25. The topological polar surface area (TPSA) is 67.4 Å². The van der Waals surface area contributed by atoms with Crippen LogP contribution in [-0.4, -0.2) is 30.3 Å². The molecule has 0 heterocycles. The third kappa shape index (κ3) is 4.88. The standard InChI is InChI=1S/C18H15Cl2F3N2O3/c1-2-28-16(27)17(18(21,22)23,24-14-8-4-7-13(20)10-14)25-15(26)11-5-3-6-12(19)9-11/h3-10,24H,2H2,1H3,(H,25,26). The summed E-state index contributed by atoms with van der Waals surface area (Å²) in [6.45, 7) is 1.01. The van der Waals surface area contributed by atoms with Gasteiger partial charge in [0.15, 0.2) is 0 Å². The molecule has 5 nitrogen and oxygen atoms in total. The molecule has 1 unspecified atom stereocenters. The number of carbonyl (C=O) groups excluding carboxylic acids is 2. The second-order valence-corrected chi connectivity index (χ2v) is 6.44. The second kappa shape index (κ2) is 8.70. The lowest BCUT2D eigenvalue weighted by Crippen LogP contribution is -2.69. The third-order valence-corrected chi connectivity index (χ3v) is 4.02. The van der Waals surface area contributed by atoms with Crippen LogP contribution in [-0.2, 0) is 9.53 Å². The Kier molecular flexibility index (Phi) is 6.79. The van der Waals surface area contributed by atoms with Crippen molar-refractivity contribution >= 4 is 40.8 Å². The molecule has 0 saturated heterocycles. The lowest BCUT2D eigenvalue weighted by molar-refractivity contribution is -0.204. The number of nitrogens with one attached hydrogen (secondary N) is 2. The largest absolute Gasteiger partial charge is 0.463 e. The summed E-state index contributed by atoms with van der Waals surface area (Å²) in [6.07, 6.45) is -5.25. The Labute approximate surface area is 168 Å². The first-order chi connectivity index (χ1) is 13.1. The van der Waals surface area contributed by atoms with E-state index in [9.17, 15) is 22.8 Å². The van der Waals surface area contributed by atoms with Crippen LogP contribution < -0.4 is 10.6 Å². The number of anilines is 1. The maximum Gasteiger partial charge on any atom is 0.441 e. The molecule has 0 aliphatic heterocycles. The fourth-order valence-electron chi connectivity index (χ4n) is 2.29. The summed E-state index contributed by atoms with van der Waals surface area (Å²) in [7, 11) is 0. The minimum Gasteiger partial charge on any atom is -0.463 e. The second-order valence-electron chi connectivity index (χ2n) is 5.57. The van der Waals surface area contributed by atoms with E-state index in [1.54, 1.807) is 5.32 Å². The van der Waals surface area contributed by atoms with Gasteiger partial charge in [-0.15, -0.1) is 0 Å². The van der Waals surface area contributed by atoms with Crippen molar-refractivity contribution in [2.24, 2.45) is 0 Å². The van der Waals surface area contributed by atoms with E-state index in [0.717, 1.165) is 0 Å². The molecular weight excluding hydrogens is 420 g/mol. The number of rotatable bonds is 6. The number of ether oxygens (including phenoxy) is 1. The molecule has 0 saturated carbocycles. The molecule has 0 aliphatic carbocycles. The van der Waals surface area contributed by atoms with Gasteiger partial charge in [-0.05, 0) is 43.3 Å². The number of benzene rings is 2. The summed E-state index contributed by atoms with van der Waals surface area (Å²) in [5.41, 5.74) is -3.87. The van der Waals surface area contributed by atoms with E-state index >= 15 is 0 Å². The first-order valence-electron chi connectivity index (χ1n) is 7.95. The lowest BCUT2D eigenvalue weighted by Gasteiger charge is -2.35. The van der Waals surface area contributed by atoms with Gasteiger partial charge in [0.05, 0.1) is 6.61 Å². The highest BCUT2D eigenvalue weighted by Crippen LogP contribution is 2.34.